The second-order valence-corrected chi connectivity index (χ2v) is 5.68. The predicted molar refractivity (Wildman–Crippen MR) is 73.3 cm³/mol. The molecule has 0 spiro atoms. The van der Waals surface area contributed by atoms with E-state index in [4.69, 9.17) is 15.0 Å². The van der Waals surface area contributed by atoms with Crippen molar-refractivity contribution >= 4 is 5.69 Å². The quantitative estimate of drug-likeness (QED) is 0.873. The lowest BCUT2D eigenvalue weighted by molar-refractivity contribution is 0.00718. The van der Waals surface area contributed by atoms with Crippen LogP contribution in [0, 0.1) is 11.2 Å². The molecule has 0 bridgehead atoms. The lowest BCUT2D eigenvalue weighted by Crippen LogP contribution is -2.21. The maximum Gasteiger partial charge on any atom is 0.260 e. The molecular weight excluding hydrogens is 261 g/mol. The highest BCUT2D eigenvalue weighted by Crippen LogP contribution is 2.35. The molecule has 1 aromatic heterocycles. The predicted octanol–water partition coefficient (Wildman–Crippen LogP) is 3.19. The number of nitrogens with zero attached hydrogens (tertiary/aromatic N) is 2. The van der Waals surface area contributed by atoms with Crippen LogP contribution < -0.4 is 5.73 Å². The first kappa shape index (κ1) is 14.5. The molecule has 0 saturated carbocycles. The molecular formula is C14H18FN3O2. The van der Waals surface area contributed by atoms with E-state index in [0.717, 1.165) is 0 Å². The van der Waals surface area contributed by atoms with Crippen LogP contribution in [0.3, 0.4) is 0 Å². The van der Waals surface area contributed by atoms with Gasteiger partial charge in [0, 0.05) is 12.8 Å². The molecule has 0 aliphatic carbocycles. The molecule has 0 fully saturated rings. The van der Waals surface area contributed by atoms with Crippen LogP contribution in [0.2, 0.25) is 0 Å². The summed E-state index contributed by atoms with van der Waals surface area (Å²) in [5.74, 6) is 0.0138. The Balaban J connectivity index is 2.38. The molecule has 6 heteroatoms. The summed E-state index contributed by atoms with van der Waals surface area (Å²) in [5.41, 5.74) is 5.88. The van der Waals surface area contributed by atoms with Crippen molar-refractivity contribution in [1.29, 1.82) is 0 Å². The van der Waals surface area contributed by atoms with E-state index in [0.29, 0.717) is 11.5 Å². The van der Waals surface area contributed by atoms with Crippen molar-refractivity contribution < 1.29 is 13.7 Å². The van der Waals surface area contributed by atoms with Gasteiger partial charge >= 0.3 is 0 Å². The molecule has 1 heterocycles. The molecule has 1 aromatic carbocycles. The Morgan fingerprint density at radius 1 is 1.35 bits per heavy atom. The van der Waals surface area contributed by atoms with E-state index < -0.39 is 5.82 Å². The molecule has 1 atom stereocenters. The third kappa shape index (κ3) is 2.80. The minimum Gasteiger partial charge on any atom is -0.399 e. The van der Waals surface area contributed by atoms with E-state index >= 15 is 0 Å². The molecule has 0 saturated heterocycles. The average molecular weight is 279 g/mol. The zero-order chi connectivity index (χ0) is 14.9. The summed E-state index contributed by atoms with van der Waals surface area (Å²) in [4.78, 5) is 4.23. The van der Waals surface area contributed by atoms with Crippen molar-refractivity contribution in [2.45, 2.75) is 26.9 Å². The molecule has 0 aliphatic rings. The third-order valence-corrected chi connectivity index (χ3v) is 2.92. The van der Waals surface area contributed by atoms with Crippen molar-refractivity contribution in [2.24, 2.45) is 5.41 Å². The molecule has 20 heavy (non-hydrogen) atoms. The fourth-order valence-electron chi connectivity index (χ4n) is 2.00. The number of nitrogens with two attached hydrogens (primary N) is 1. The number of benzene rings is 1. The van der Waals surface area contributed by atoms with E-state index in [1.165, 1.54) is 12.1 Å². The van der Waals surface area contributed by atoms with E-state index in [-0.39, 0.29) is 23.0 Å². The van der Waals surface area contributed by atoms with Gasteiger partial charge in [-0.25, -0.2) is 4.39 Å². The van der Waals surface area contributed by atoms with Crippen molar-refractivity contribution in [3.8, 4) is 11.5 Å². The van der Waals surface area contributed by atoms with Crippen molar-refractivity contribution in [3.63, 3.8) is 0 Å². The van der Waals surface area contributed by atoms with E-state index in [9.17, 15) is 4.39 Å². The van der Waals surface area contributed by atoms with Gasteiger partial charge in [0.1, 0.15) is 11.9 Å². The van der Waals surface area contributed by atoms with Gasteiger partial charge < -0.3 is 15.0 Å². The zero-order valence-corrected chi connectivity index (χ0v) is 12.0. The Bertz CT molecular complexity index is 605. The Kier molecular flexibility index (Phi) is 3.76. The summed E-state index contributed by atoms with van der Waals surface area (Å²) in [7, 11) is 1.58. The molecule has 0 amide bonds. The summed E-state index contributed by atoms with van der Waals surface area (Å²) in [6.07, 6.45) is -0.336. The van der Waals surface area contributed by atoms with Gasteiger partial charge in [-0.1, -0.05) is 25.9 Å². The summed E-state index contributed by atoms with van der Waals surface area (Å²) >= 11 is 0. The summed E-state index contributed by atoms with van der Waals surface area (Å²) in [6.45, 7) is 6.00. The lowest BCUT2D eigenvalue weighted by Gasteiger charge is -2.26. The summed E-state index contributed by atoms with van der Waals surface area (Å²) in [6, 6.07) is 4.32. The van der Waals surface area contributed by atoms with E-state index in [2.05, 4.69) is 10.1 Å². The zero-order valence-electron chi connectivity index (χ0n) is 12.0. The monoisotopic (exact) mass is 279 g/mol. The van der Waals surface area contributed by atoms with Gasteiger partial charge in [0.2, 0.25) is 5.82 Å². The second kappa shape index (κ2) is 5.20. The fourth-order valence-corrected chi connectivity index (χ4v) is 2.00. The molecule has 2 N–H and O–H groups in total. The fraction of sp³-hybridized carbons (Fsp3) is 0.429. The minimum absolute atomic E-state index is 0.115. The number of ether oxygens (including phenoxy) is 1. The molecule has 2 aromatic rings. The minimum atomic E-state index is -0.495. The van der Waals surface area contributed by atoms with E-state index in [1.807, 2.05) is 20.8 Å². The highest BCUT2D eigenvalue weighted by molar-refractivity contribution is 5.58. The highest BCUT2D eigenvalue weighted by atomic mass is 19.1. The Labute approximate surface area is 116 Å². The molecule has 5 nitrogen and oxygen atoms in total. The number of methoxy groups -OCH3 is 1. The van der Waals surface area contributed by atoms with Crippen LogP contribution in [0.5, 0.6) is 0 Å². The molecule has 108 valence electrons. The summed E-state index contributed by atoms with van der Waals surface area (Å²) < 4.78 is 24.4. The van der Waals surface area contributed by atoms with Crippen LogP contribution in [0.4, 0.5) is 10.1 Å². The van der Waals surface area contributed by atoms with Gasteiger partial charge in [0.25, 0.3) is 5.89 Å². The number of hydrogen-bond donors (Lipinski definition) is 1. The average Bonchev–Trinajstić information content (AvgIpc) is 2.77. The van der Waals surface area contributed by atoms with Crippen molar-refractivity contribution in [3.05, 3.63) is 29.8 Å². The van der Waals surface area contributed by atoms with Gasteiger partial charge in [-0.2, -0.15) is 4.98 Å². The largest absolute Gasteiger partial charge is 0.399 e. The molecule has 0 aliphatic heterocycles. The number of aromatic nitrogens is 2. The number of rotatable bonds is 3. The topological polar surface area (TPSA) is 74.2 Å². The van der Waals surface area contributed by atoms with Crippen molar-refractivity contribution in [2.75, 3.05) is 12.8 Å². The first-order valence-corrected chi connectivity index (χ1v) is 6.24. The first-order valence-electron chi connectivity index (χ1n) is 6.24. The van der Waals surface area contributed by atoms with Gasteiger partial charge in [0.15, 0.2) is 0 Å². The standard InChI is InChI=1S/C14H18FN3O2/c1-14(2,3)11(19-4)12-17-13(20-18-12)9-6-5-8(16)7-10(9)15/h5-7,11H,16H2,1-4H3. The second-order valence-electron chi connectivity index (χ2n) is 5.68. The lowest BCUT2D eigenvalue weighted by atomic mass is 9.88. The van der Waals surface area contributed by atoms with Gasteiger partial charge in [-0.05, 0) is 23.6 Å². The SMILES string of the molecule is COC(c1noc(-c2ccc(N)cc2F)n1)C(C)(C)C. The molecule has 1 unspecified atom stereocenters. The van der Waals surface area contributed by atoms with Gasteiger partial charge in [-0.15, -0.1) is 0 Å². The van der Waals surface area contributed by atoms with Crippen LogP contribution in [0.1, 0.15) is 32.7 Å². The maximum atomic E-state index is 13.8. The Morgan fingerprint density at radius 2 is 2.05 bits per heavy atom. The van der Waals surface area contributed by atoms with Gasteiger partial charge in [0.05, 0.1) is 5.56 Å². The molecule has 0 radical (unpaired) electrons. The van der Waals surface area contributed by atoms with Crippen LogP contribution in [0.15, 0.2) is 22.7 Å². The van der Waals surface area contributed by atoms with Crippen LogP contribution in [-0.2, 0) is 4.74 Å². The van der Waals surface area contributed by atoms with Gasteiger partial charge in [-0.3, -0.25) is 0 Å². The highest BCUT2D eigenvalue weighted by Gasteiger charge is 2.31. The normalized spacial score (nSPS) is 13.4. The van der Waals surface area contributed by atoms with Crippen LogP contribution in [-0.4, -0.2) is 17.3 Å². The first-order chi connectivity index (χ1) is 9.32. The number of anilines is 1. The van der Waals surface area contributed by atoms with Crippen LogP contribution >= 0.6 is 0 Å². The Hall–Kier alpha value is -1.95. The maximum absolute atomic E-state index is 13.8. The third-order valence-electron chi connectivity index (χ3n) is 2.92. The van der Waals surface area contributed by atoms with Crippen molar-refractivity contribution in [1.82, 2.24) is 10.1 Å². The molecule has 2 rings (SSSR count). The number of halogens is 1. The van der Waals surface area contributed by atoms with Crippen LogP contribution in [0.25, 0.3) is 11.5 Å². The van der Waals surface area contributed by atoms with E-state index in [1.54, 1.807) is 13.2 Å². The smallest absolute Gasteiger partial charge is 0.260 e. The Morgan fingerprint density at radius 3 is 2.60 bits per heavy atom. The number of hydrogen-bond acceptors (Lipinski definition) is 5. The summed E-state index contributed by atoms with van der Waals surface area (Å²) in [5, 5.41) is 3.88. The number of nitrogen functional groups attached to an aromatic ring is 1.